The van der Waals surface area contributed by atoms with Crippen molar-refractivity contribution in [3.8, 4) is 16.9 Å². The Morgan fingerprint density at radius 2 is 2.07 bits per heavy atom. The Bertz CT molecular complexity index is 1010. The van der Waals surface area contributed by atoms with Gasteiger partial charge in [0.1, 0.15) is 17.2 Å². The first kappa shape index (κ1) is 18.7. The van der Waals surface area contributed by atoms with Gasteiger partial charge in [0.15, 0.2) is 11.5 Å². The van der Waals surface area contributed by atoms with E-state index in [9.17, 15) is 14.3 Å². The van der Waals surface area contributed by atoms with Gasteiger partial charge in [0.25, 0.3) is 5.91 Å². The molecule has 2 heterocycles. The number of carbonyl (C=O) groups is 1. The Labute approximate surface area is 166 Å². The van der Waals surface area contributed by atoms with Crippen LogP contribution in [0.15, 0.2) is 41.4 Å². The smallest absolute Gasteiger partial charge is 0.261 e. The largest absolute Gasteiger partial charge is 0.485 e. The number of ether oxygens (including phenoxy) is 1. The molecule has 28 heavy (non-hydrogen) atoms. The molecule has 1 amide bonds. The van der Waals surface area contributed by atoms with Crippen LogP contribution in [0, 0.1) is 5.82 Å². The Morgan fingerprint density at radius 3 is 2.68 bits per heavy atom. The summed E-state index contributed by atoms with van der Waals surface area (Å²) in [4.78, 5) is 18.9. The number of aliphatic imine (C=N–C) groups is 1. The van der Waals surface area contributed by atoms with E-state index < -0.39 is 17.0 Å². The molecule has 0 aromatic heterocycles. The Kier molecular flexibility index (Phi) is 4.13. The van der Waals surface area contributed by atoms with Crippen molar-refractivity contribution in [3.63, 3.8) is 0 Å². The van der Waals surface area contributed by atoms with Crippen LogP contribution < -0.4 is 10.5 Å². The maximum Gasteiger partial charge on any atom is 0.261 e. The first-order valence-electron chi connectivity index (χ1n) is 8.72. The zero-order chi connectivity index (χ0) is 20.3. The van der Waals surface area contributed by atoms with Crippen molar-refractivity contribution in [2.75, 3.05) is 13.7 Å². The van der Waals surface area contributed by atoms with Gasteiger partial charge in [0, 0.05) is 24.1 Å². The van der Waals surface area contributed by atoms with Crippen molar-refractivity contribution in [1.82, 2.24) is 4.90 Å². The second-order valence-electron chi connectivity index (χ2n) is 7.45. The molecule has 0 bridgehead atoms. The monoisotopic (exact) mass is 403 g/mol. The van der Waals surface area contributed by atoms with Crippen molar-refractivity contribution in [2.45, 2.75) is 24.5 Å². The van der Waals surface area contributed by atoms with E-state index in [-0.39, 0.29) is 29.9 Å². The van der Waals surface area contributed by atoms with E-state index in [0.717, 1.165) is 0 Å². The zero-order valence-electron chi connectivity index (χ0n) is 15.4. The number of aliphatic hydroxyl groups excluding tert-OH is 1. The minimum Gasteiger partial charge on any atom is -0.485 e. The molecule has 2 aliphatic heterocycles. The summed E-state index contributed by atoms with van der Waals surface area (Å²) in [5.74, 6) is -0.242. The van der Waals surface area contributed by atoms with E-state index in [4.69, 9.17) is 22.1 Å². The molecule has 0 saturated heterocycles. The highest BCUT2D eigenvalue weighted by Gasteiger charge is 2.56. The van der Waals surface area contributed by atoms with E-state index in [0.29, 0.717) is 22.4 Å². The molecule has 2 aliphatic rings. The Hall–Kier alpha value is -2.64. The number of fused-ring (bicyclic) bond motifs is 2. The lowest BCUT2D eigenvalue weighted by Crippen LogP contribution is -2.52. The molecule has 1 spiro atoms. The van der Waals surface area contributed by atoms with Crippen molar-refractivity contribution >= 4 is 23.5 Å². The molecule has 2 aromatic rings. The lowest BCUT2D eigenvalue weighted by Gasteiger charge is -2.42. The average Bonchev–Trinajstić information content (AvgIpc) is 2.85. The van der Waals surface area contributed by atoms with Crippen LogP contribution in [0.25, 0.3) is 11.1 Å². The topological polar surface area (TPSA) is 88.2 Å². The number of hydrogen-bond acceptors (Lipinski definition) is 5. The summed E-state index contributed by atoms with van der Waals surface area (Å²) in [5.41, 5.74) is 5.37. The number of nitrogens with zero attached hydrogens (tertiary/aromatic N) is 2. The molecule has 4 rings (SSSR count). The van der Waals surface area contributed by atoms with E-state index in [2.05, 4.69) is 4.99 Å². The zero-order valence-corrected chi connectivity index (χ0v) is 16.1. The van der Waals surface area contributed by atoms with Crippen molar-refractivity contribution in [2.24, 2.45) is 10.7 Å². The number of halogens is 2. The summed E-state index contributed by atoms with van der Waals surface area (Å²) < 4.78 is 19.8. The summed E-state index contributed by atoms with van der Waals surface area (Å²) in [5, 5.41) is 10.1. The van der Waals surface area contributed by atoms with Crippen LogP contribution in [0.2, 0.25) is 5.02 Å². The lowest BCUT2D eigenvalue weighted by molar-refractivity contribution is -0.134. The summed E-state index contributed by atoms with van der Waals surface area (Å²) in [6.07, 6.45) is 0.126. The number of benzene rings is 2. The fourth-order valence-electron chi connectivity index (χ4n) is 3.86. The third-order valence-electron chi connectivity index (χ3n) is 5.25. The standard InChI is InChI=1S/C20H19ClFN3O3/c1-19(10-26)9-20(17(27)25(2)18(23)24-20)15-7-11(3-4-16(15)28-19)12-5-13(21)8-14(22)6-12/h3-8,26H,9-10H2,1-2H3,(H2,23,24). The van der Waals surface area contributed by atoms with Crippen molar-refractivity contribution < 1.29 is 19.0 Å². The fraction of sp³-hybridized carbons (Fsp3) is 0.300. The Morgan fingerprint density at radius 1 is 1.32 bits per heavy atom. The van der Waals surface area contributed by atoms with Gasteiger partial charge in [-0.05, 0) is 48.4 Å². The van der Waals surface area contributed by atoms with Crippen molar-refractivity contribution in [3.05, 3.63) is 52.8 Å². The third-order valence-corrected chi connectivity index (χ3v) is 5.47. The first-order chi connectivity index (χ1) is 13.2. The molecule has 0 fully saturated rings. The van der Waals surface area contributed by atoms with Gasteiger partial charge < -0.3 is 15.6 Å². The molecule has 3 N–H and O–H groups in total. The maximum atomic E-state index is 13.8. The number of nitrogens with two attached hydrogens (primary N) is 1. The number of carbonyl (C=O) groups excluding carboxylic acids is 1. The van der Waals surface area contributed by atoms with Crippen LogP contribution in [0.3, 0.4) is 0 Å². The van der Waals surface area contributed by atoms with E-state index in [1.54, 1.807) is 38.2 Å². The second kappa shape index (κ2) is 6.18. The van der Waals surface area contributed by atoms with Crippen molar-refractivity contribution in [1.29, 1.82) is 0 Å². The van der Waals surface area contributed by atoms with Crippen LogP contribution in [0.1, 0.15) is 18.9 Å². The van der Waals surface area contributed by atoms with Gasteiger partial charge in [-0.1, -0.05) is 17.7 Å². The lowest BCUT2D eigenvalue weighted by atomic mass is 9.76. The highest BCUT2D eigenvalue weighted by Crippen LogP contribution is 2.49. The number of hydrogen-bond donors (Lipinski definition) is 2. The van der Waals surface area contributed by atoms with Gasteiger partial charge in [-0.15, -0.1) is 0 Å². The molecule has 2 atom stereocenters. The van der Waals surface area contributed by atoms with Crippen LogP contribution in [-0.4, -0.2) is 41.1 Å². The van der Waals surface area contributed by atoms with Crippen LogP contribution in [-0.2, 0) is 10.3 Å². The van der Waals surface area contributed by atoms with Crippen LogP contribution in [0.5, 0.6) is 5.75 Å². The number of amides is 1. The molecule has 2 aromatic carbocycles. The molecule has 0 aliphatic carbocycles. The maximum absolute atomic E-state index is 13.8. The predicted octanol–water partition coefficient (Wildman–Crippen LogP) is 2.66. The van der Waals surface area contributed by atoms with E-state index >= 15 is 0 Å². The van der Waals surface area contributed by atoms with Gasteiger partial charge in [0.2, 0.25) is 0 Å². The molecule has 0 radical (unpaired) electrons. The third kappa shape index (κ3) is 2.73. The second-order valence-corrected chi connectivity index (χ2v) is 7.89. The fourth-order valence-corrected chi connectivity index (χ4v) is 4.08. The van der Waals surface area contributed by atoms with Crippen LogP contribution >= 0.6 is 11.6 Å². The van der Waals surface area contributed by atoms with Crippen LogP contribution in [0.4, 0.5) is 4.39 Å². The average molecular weight is 404 g/mol. The SMILES string of the molecule is CN1C(=O)C2(CC(C)(CO)Oc3ccc(-c4cc(F)cc(Cl)c4)cc32)N=C1N. The number of guanidine groups is 1. The quantitative estimate of drug-likeness (QED) is 0.806. The minimum absolute atomic E-state index is 0.0948. The van der Waals surface area contributed by atoms with E-state index in [1.165, 1.54) is 17.0 Å². The van der Waals surface area contributed by atoms with E-state index in [1.807, 2.05) is 0 Å². The molecule has 146 valence electrons. The summed E-state index contributed by atoms with van der Waals surface area (Å²) >= 11 is 5.99. The van der Waals surface area contributed by atoms with Gasteiger partial charge in [-0.3, -0.25) is 9.69 Å². The summed E-state index contributed by atoms with van der Waals surface area (Å²) in [6.45, 7) is 1.43. The molecule has 2 unspecified atom stereocenters. The van der Waals surface area contributed by atoms with Gasteiger partial charge in [0.05, 0.1) is 6.61 Å². The van der Waals surface area contributed by atoms with Gasteiger partial charge in [-0.25, -0.2) is 9.38 Å². The number of rotatable bonds is 2. The number of likely N-dealkylation sites (N-methyl/N-ethyl adjacent to an activating group) is 1. The highest BCUT2D eigenvalue weighted by atomic mass is 35.5. The number of aliphatic hydroxyl groups is 1. The Balaban J connectivity index is 1.93. The summed E-state index contributed by atoms with van der Waals surface area (Å²) in [6, 6.07) is 9.40. The molecular weight excluding hydrogens is 385 g/mol. The molecule has 0 saturated carbocycles. The predicted molar refractivity (Wildman–Crippen MR) is 104 cm³/mol. The molecule has 6 nitrogen and oxygen atoms in total. The normalized spacial score (nSPS) is 26.2. The van der Waals surface area contributed by atoms with Gasteiger partial charge >= 0.3 is 0 Å². The highest BCUT2D eigenvalue weighted by molar-refractivity contribution is 6.30. The molecular formula is C20H19ClFN3O3. The van der Waals surface area contributed by atoms with Gasteiger partial charge in [-0.2, -0.15) is 0 Å². The summed E-state index contributed by atoms with van der Waals surface area (Å²) in [7, 11) is 1.55. The minimum atomic E-state index is -1.31. The molecule has 8 heteroatoms. The first-order valence-corrected chi connectivity index (χ1v) is 9.10.